The molecule has 5 nitrogen and oxygen atoms in total. The third-order valence-electron chi connectivity index (χ3n) is 2.71. The molecule has 0 saturated carbocycles. The number of nitrogen functional groups attached to an aromatic ring is 1. The minimum atomic E-state index is -0.643. The number of hydrogen-bond donors (Lipinski definition) is 1. The van der Waals surface area contributed by atoms with Crippen molar-refractivity contribution in [3.05, 3.63) is 28.8 Å². The van der Waals surface area contributed by atoms with Gasteiger partial charge in [-0.3, -0.25) is 4.79 Å². The van der Waals surface area contributed by atoms with E-state index in [4.69, 9.17) is 22.1 Å². The van der Waals surface area contributed by atoms with Crippen LogP contribution in [-0.4, -0.2) is 36.5 Å². The molecular formula is C13H17ClN2O3. The van der Waals surface area contributed by atoms with Crippen molar-refractivity contribution >= 4 is 29.2 Å². The Hall–Kier alpha value is -1.75. The summed E-state index contributed by atoms with van der Waals surface area (Å²) in [6, 6.07) is 4.52. The maximum absolute atomic E-state index is 11.8. The van der Waals surface area contributed by atoms with E-state index < -0.39 is 5.97 Å². The van der Waals surface area contributed by atoms with E-state index in [2.05, 4.69) is 0 Å². The van der Waals surface area contributed by atoms with Crippen LogP contribution in [0.1, 0.15) is 24.2 Å². The molecule has 0 saturated heterocycles. The summed E-state index contributed by atoms with van der Waals surface area (Å²) in [5.74, 6) is -0.912. The average molecular weight is 285 g/mol. The van der Waals surface area contributed by atoms with Crippen LogP contribution in [0, 0.1) is 0 Å². The number of anilines is 1. The molecule has 1 amide bonds. The zero-order valence-electron chi connectivity index (χ0n) is 11.1. The van der Waals surface area contributed by atoms with Gasteiger partial charge in [-0.05, 0) is 32.0 Å². The molecular weight excluding hydrogens is 268 g/mol. The van der Waals surface area contributed by atoms with Gasteiger partial charge < -0.3 is 15.4 Å². The number of amides is 1. The quantitative estimate of drug-likeness (QED) is 0.677. The summed E-state index contributed by atoms with van der Waals surface area (Å²) in [5, 5.41) is 0.203. The highest BCUT2D eigenvalue weighted by atomic mass is 35.5. The van der Waals surface area contributed by atoms with Crippen LogP contribution in [0.4, 0.5) is 5.69 Å². The van der Waals surface area contributed by atoms with Gasteiger partial charge in [0, 0.05) is 18.8 Å². The molecule has 19 heavy (non-hydrogen) atoms. The average Bonchev–Trinajstić information content (AvgIpc) is 2.34. The maximum Gasteiger partial charge on any atom is 0.340 e. The minimum Gasteiger partial charge on any atom is -0.452 e. The second kappa shape index (κ2) is 6.43. The van der Waals surface area contributed by atoms with Gasteiger partial charge in [0.05, 0.1) is 10.6 Å². The fourth-order valence-electron chi connectivity index (χ4n) is 1.29. The number of nitrogens with two attached hydrogens (primary N) is 1. The molecule has 1 aromatic carbocycles. The number of nitrogens with zero attached hydrogens (tertiary/aromatic N) is 1. The van der Waals surface area contributed by atoms with Crippen LogP contribution in [0.3, 0.4) is 0 Å². The molecule has 1 aromatic rings. The molecule has 0 radical (unpaired) electrons. The Morgan fingerprint density at radius 3 is 2.58 bits per heavy atom. The lowest BCUT2D eigenvalue weighted by atomic mass is 10.2. The van der Waals surface area contributed by atoms with Gasteiger partial charge in [0.1, 0.15) is 0 Å². The molecule has 0 fully saturated rings. The molecule has 0 aliphatic rings. The summed E-state index contributed by atoms with van der Waals surface area (Å²) in [6.45, 7) is 3.43. The summed E-state index contributed by atoms with van der Waals surface area (Å²) in [5.41, 5.74) is 6.17. The van der Waals surface area contributed by atoms with Crippen molar-refractivity contribution in [2.24, 2.45) is 0 Å². The molecule has 0 aliphatic carbocycles. The van der Waals surface area contributed by atoms with Crippen molar-refractivity contribution in [3.8, 4) is 0 Å². The van der Waals surface area contributed by atoms with Crippen LogP contribution in [0.15, 0.2) is 18.2 Å². The first kappa shape index (κ1) is 15.3. The lowest BCUT2D eigenvalue weighted by molar-refractivity contribution is -0.134. The van der Waals surface area contributed by atoms with Crippen molar-refractivity contribution in [1.29, 1.82) is 0 Å². The van der Waals surface area contributed by atoms with Gasteiger partial charge in [0.2, 0.25) is 0 Å². The van der Waals surface area contributed by atoms with Gasteiger partial charge in [0.15, 0.2) is 6.61 Å². The van der Waals surface area contributed by atoms with E-state index >= 15 is 0 Å². The van der Waals surface area contributed by atoms with Crippen LogP contribution in [-0.2, 0) is 9.53 Å². The van der Waals surface area contributed by atoms with Gasteiger partial charge in [-0.1, -0.05) is 11.6 Å². The first-order valence-electron chi connectivity index (χ1n) is 5.80. The number of esters is 1. The van der Waals surface area contributed by atoms with Crippen LogP contribution >= 0.6 is 11.6 Å². The van der Waals surface area contributed by atoms with Gasteiger partial charge in [0.25, 0.3) is 5.91 Å². The fraction of sp³-hybridized carbons (Fsp3) is 0.385. The lowest BCUT2D eigenvalue weighted by Gasteiger charge is -2.21. The summed E-state index contributed by atoms with van der Waals surface area (Å²) in [6.07, 6.45) is 0. The maximum atomic E-state index is 11.8. The second-order valence-corrected chi connectivity index (χ2v) is 4.82. The minimum absolute atomic E-state index is 0.0475. The molecule has 0 unspecified atom stereocenters. The second-order valence-electron chi connectivity index (χ2n) is 4.41. The largest absolute Gasteiger partial charge is 0.452 e. The third kappa shape index (κ3) is 4.13. The summed E-state index contributed by atoms with van der Waals surface area (Å²) < 4.78 is 4.93. The molecule has 2 N–H and O–H groups in total. The number of carbonyl (C=O) groups excluding carboxylic acids is 2. The molecule has 1 rings (SSSR count). The van der Waals surface area contributed by atoms with Crippen LogP contribution in [0.25, 0.3) is 0 Å². The molecule has 0 bridgehead atoms. The summed E-state index contributed by atoms with van der Waals surface area (Å²) in [7, 11) is 1.65. The van der Waals surface area contributed by atoms with E-state index in [0.29, 0.717) is 5.69 Å². The Kier molecular flexibility index (Phi) is 5.18. The van der Waals surface area contributed by atoms with Crippen molar-refractivity contribution in [2.45, 2.75) is 19.9 Å². The number of halogens is 1. The van der Waals surface area contributed by atoms with Crippen molar-refractivity contribution in [2.75, 3.05) is 19.4 Å². The number of ether oxygens (including phenoxy) is 1. The Labute approximate surface area is 117 Å². The van der Waals surface area contributed by atoms with E-state index in [-0.39, 0.29) is 29.1 Å². The molecule has 0 aliphatic heterocycles. The first-order valence-corrected chi connectivity index (χ1v) is 6.18. The van der Waals surface area contributed by atoms with E-state index in [1.54, 1.807) is 13.1 Å². The van der Waals surface area contributed by atoms with Gasteiger partial charge in [-0.25, -0.2) is 4.79 Å². The predicted octanol–water partition coefficient (Wildman–Crippen LogP) is 1.95. The molecule has 0 heterocycles. The van der Waals surface area contributed by atoms with Crippen LogP contribution in [0.5, 0.6) is 0 Å². The number of hydrogen-bond acceptors (Lipinski definition) is 4. The highest BCUT2D eigenvalue weighted by molar-refractivity contribution is 6.33. The highest BCUT2D eigenvalue weighted by Gasteiger charge is 2.17. The Morgan fingerprint density at radius 1 is 1.42 bits per heavy atom. The zero-order valence-corrected chi connectivity index (χ0v) is 11.9. The number of benzene rings is 1. The van der Waals surface area contributed by atoms with Gasteiger partial charge >= 0.3 is 5.97 Å². The topological polar surface area (TPSA) is 72.6 Å². The third-order valence-corrected chi connectivity index (χ3v) is 3.02. The Morgan fingerprint density at radius 2 is 2.05 bits per heavy atom. The predicted molar refractivity (Wildman–Crippen MR) is 74.1 cm³/mol. The molecule has 0 spiro atoms. The molecule has 6 heteroatoms. The number of carbonyl (C=O) groups is 2. The Balaban J connectivity index is 2.63. The first-order chi connectivity index (χ1) is 8.82. The highest BCUT2D eigenvalue weighted by Crippen LogP contribution is 2.19. The van der Waals surface area contributed by atoms with E-state index in [9.17, 15) is 9.59 Å². The normalized spacial score (nSPS) is 10.4. The van der Waals surface area contributed by atoms with E-state index in [1.807, 2.05) is 13.8 Å². The molecule has 0 atom stereocenters. The summed E-state index contributed by atoms with van der Waals surface area (Å²) >= 11 is 5.88. The summed E-state index contributed by atoms with van der Waals surface area (Å²) in [4.78, 5) is 24.9. The van der Waals surface area contributed by atoms with Gasteiger partial charge in [-0.2, -0.15) is 0 Å². The van der Waals surface area contributed by atoms with Crippen LogP contribution < -0.4 is 5.73 Å². The SMILES string of the molecule is CC(C)N(C)C(=O)COC(=O)c1ccc(N)cc1Cl. The molecule has 0 aromatic heterocycles. The zero-order chi connectivity index (χ0) is 14.6. The van der Waals surface area contributed by atoms with Crippen LogP contribution in [0.2, 0.25) is 5.02 Å². The Bertz CT molecular complexity index is 489. The van der Waals surface area contributed by atoms with Gasteiger partial charge in [-0.15, -0.1) is 0 Å². The van der Waals surface area contributed by atoms with E-state index in [0.717, 1.165) is 0 Å². The number of rotatable bonds is 4. The van der Waals surface area contributed by atoms with Crippen molar-refractivity contribution in [3.63, 3.8) is 0 Å². The smallest absolute Gasteiger partial charge is 0.340 e. The van der Waals surface area contributed by atoms with E-state index in [1.165, 1.54) is 17.0 Å². The van der Waals surface area contributed by atoms with Crippen molar-refractivity contribution < 1.29 is 14.3 Å². The fourth-order valence-corrected chi connectivity index (χ4v) is 1.56. The standard InChI is InChI=1S/C13H17ClN2O3/c1-8(2)16(3)12(17)7-19-13(18)10-5-4-9(15)6-11(10)14/h4-6,8H,7,15H2,1-3H3. The lowest BCUT2D eigenvalue weighted by Crippen LogP contribution is -2.36. The molecule has 104 valence electrons. The number of likely N-dealkylation sites (N-methyl/N-ethyl adjacent to an activating group) is 1. The van der Waals surface area contributed by atoms with Crippen molar-refractivity contribution in [1.82, 2.24) is 4.90 Å². The monoisotopic (exact) mass is 284 g/mol.